The van der Waals surface area contributed by atoms with E-state index in [9.17, 15) is 14.4 Å². The highest BCUT2D eigenvalue weighted by atomic mass is 16.6. The van der Waals surface area contributed by atoms with Crippen LogP contribution in [0.25, 0.3) is 0 Å². The van der Waals surface area contributed by atoms with Crippen molar-refractivity contribution in [1.29, 1.82) is 0 Å². The highest BCUT2D eigenvalue weighted by molar-refractivity contribution is 5.71. The third-order valence-corrected chi connectivity index (χ3v) is 16.6. The number of carbonyl (C=O) groups is 3. The van der Waals surface area contributed by atoms with Gasteiger partial charge in [-0.15, -0.1) is 0 Å². The van der Waals surface area contributed by atoms with Gasteiger partial charge in [-0.2, -0.15) is 0 Å². The minimum absolute atomic E-state index is 0.0707. The van der Waals surface area contributed by atoms with Crippen molar-refractivity contribution in [2.24, 2.45) is 0 Å². The van der Waals surface area contributed by atoms with E-state index in [0.29, 0.717) is 19.3 Å². The predicted octanol–water partition coefficient (Wildman–Crippen LogP) is 25.1. The molecule has 0 saturated carbocycles. The molecular formula is C75H140O6. The molecule has 6 nitrogen and oxygen atoms in total. The fourth-order valence-electron chi connectivity index (χ4n) is 11.1. The van der Waals surface area contributed by atoms with Crippen molar-refractivity contribution in [2.75, 3.05) is 13.2 Å². The molecule has 0 amide bonds. The second-order valence-electron chi connectivity index (χ2n) is 24.9. The van der Waals surface area contributed by atoms with Gasteiger partial charge < -0.3 is 14.2 Å². The Morgan fingerprint density at radius 3 is 0.716 bits per heavy atom. The van der Waals surface area contributed by atoms with Gasteiger partial charge >= 0.3 is 17.9 Å². The summed E-state index contributed by atoms with van der Waals surface area (Å²) in [6.45, 7) is 6.67. The second-order valence-corrected chi connectivity index (χ2v) is 24.9. The monoisotopic (exact) mass is 1140 g/mol. The van der Waals surface area contributed by atoms with E-state index in [1.807, 2.05) is 0 Å². The van der Waals surface area contributed by atoms with Crippen LogP contribution in [0.4, 0.5) is 0 Å². The van der Waals surface area contributed by atoms with Gasteiger partial charge in [-0.3, -0.25) is 14.4 Å². The van der Waals surface area contributed by atoms with Gasteiger partial charge in [0, 0.05) is 19.3 Å². The van der Waals surface area contributed by atoms with Crippen LogP contribution >= 0.6 is 0 Å². The number of carbonyl (C=O) groups excluding carboxylic acids is 3. The summed E-state index contributed by atoms with van der Waals surface area (Å²) in [5, 5.41) is 0. The summed E-state index contributed by atoms with van der Waals surface area (Å²) < 4.78 is 17.0. The predicted molar refractivity (Wildman–Crippen MR) is 353 cm³/mol. The highest BCUT2D eigenvalue weighted by Crippen LogP contribution is 2.19. The Bertz CT molecular complexity index is 1350. The van der Waals surface area contributed by atoms with Crippen molar-refractivity contribution in [3.63, 3.8) is 0 Å². The number of unbranched alkanes of at least 4 members (excludes halogenated alkanes) is 51. The largest absolute Gasteiger partial charge is 0.462 e. The molecule has 0 bridgehead atoms. The Morgan fingerprint density at radius 1 is 0.247 bits per heavy atom. The number of hydrogen-bond donors (Lipinski definition) is 0. The third kappa shape index (κ3) is 68.3. The zero-order valence-corrected chi connectivity index (χ0v) is 54.8. The molecule has 476 valence electrons. The van der Waals surface area contributed by atoms with Crippen LogP contribution in [0.5, 0.6) is 0 Å². The van der Waals surface area contributed by atoms with Gasteiger partial charge in [-0.05, 0) is 77.0 Å². The molecule has 0 aliphatic rings. The Hall–Kier alpha value is -2.37. The smallest absolute Gasteiger partial charge is 0.306 e. The average Bonchev–Trinajstić information content (AvgIpc) is 3.47. The molecule has 0 heterocycles. The first-order valence-electron chi connectivity index (χ1n) is 36.5. The maximum Gasteiger partial charge on any atom is 0.306 e. The maximum absolute atomic E-state index is 13.0. The van der Waals surface area contributed by atoms with Crippen LogP contribution in [0.1, 0.15) is 406 Å². The van der Waals surface area contributed by atoms with E-state index < -0.39 is 6.10 Å². The summed E-state index contributed by atoms with van der Waals surface area (Å²) >= 11 is 0. The van der Waals surface area contributed by atoms with Gasteiger partial charge in [0.2, 0.25) is 0 Å². The van der Waals surface area contributed by atoms with Crippen LogP contribution in [-0.4, -0.2) is 37.2 Å². The molecule has 0 saturated heterocycles. The molecule has 0 aromatic rings. The van der Waals surface area contributed by atoms with Gasteiger partial charge in [-0.25, -0.2) is 0 Å². The van der Waals surface area contributed by atoms with E-state index in [-0.39, 0.29) is 31.1 Å². The topological polar surface area (TPSA) is 78.9 Å². The average molecular weight is 1140 g/mol. The molecule has 0 radical (unpaired) electrons. The molecule has 0 spiro atoms. The molecule has 0 fully saturated rings. The normalized spacial score (nSPS) is 12.2. The first-order chi connectivity index (χ1) is 40.0. The van der Waals surface area contributed by atoms with Crippen molar-refractivity contribution in [2.45, 2.75) is 412 Å². The van der Waals surface area contributed by atoms with Crippen LogP contribution in [0.2, 0.25) is 0 Å². The quantitative estimate of drug-likeness (QED) is 0.0261. The molecule has 1 unspecified atom stereocenters. The maximum atomic E-state index is 13.0. The fourth-order valence-corrected chi connectivity index (χ4v) is 11.1. The molecule has 0 aromatic heterocycles. The summed E-state index contributed by atoms with van der Waals surface area (Å²) in [6, 6.07) is 0. The highest BCUT2D eigenvalue weighted by Gasteiger charge is 2.19. The van der Waals surface area contributed by atoms with E-state index >= 15 is 0 Å². The van der Waals surface area contributed by atoms with Gasteiger partial charge in [0.05, 0.1) is 0 Å². The van der Waals surface area contributed by atoms with Gasteiger partial charge in [-0.1, -0.05) is 346 Å². The number of hydrogen-bond acceptors (Lipinski definition) is 6. The Kier molecular flexibility index (Phi) is 68.1. The first kappa shape index (κ1) is 78.6. The minimum atomic E-state index is -0.775. The molecule has 1 atom stereocenters. The molecule has 6 heteroatoms. The number of esters is 3. The zero-order valence-electron chi connectivity index (χ0n) is 54.8. The van der Waals surface area contributed by atoms with Crippen LogP contribution in [0.15, 0.2) is 36.5 Å². The third-order valence-electron chi connectivity index (χ3n) is 16.6. The molecule has 0 aliphatic heterocycles. The van der Waals surface area contributed by atoms with E-state index in [4.69, 9.17) is 14.2 Å². The molecule has 81 heavy (non-hydrogen) atoms. The summed E-state index contributed by atoms with van der Waals surface area (Å²) in [5.74, 6) is -0.854. The lowest BCUT2D eigenvalue weighted by Gasteiger charge is -2.18. The lowest BCUT2D eigenvalue weighted by atomic mass is 10.0. The Labute approximate surface area is 506 Å². The van der Waals surface area contributed by atoms with Crippen molar-refractivity contribution < 1.29 is 28.6 Å². The summed E-state index contributed by atoms with van der Waals surface area (Å²) in [5.41, 5.74) is 0. The van der Waals surface area contributed by atoms with Crippen LogP contribution < -0.4 is 0 Å². The number of ether oxygens (including phenoxy) is 3. The number of rotatable bonds is 68. The Morgan fingerprint density at radius 2 is 0.444 bits per heavy atom. The van der Waals surface area contributed by atoms with E-state index in [1.165, 1.54) is 295 Å². The van der Waals surface area contributed by atoms with Crippen LogP contribution in [0.3, 0.4) is 0 Å². The molecule has 0 aliphatic carbocycles. The zero-order chi connectivity index (χ0) is 58.5. The fraction of sp³-hybridized carbons (Fsp3) is 0.880. The lowest BCUT2D eigenvalue weighted by Crippen LogP contribution is -2.30. The van der Waals surface area contributed by atoms with Gasteiger partial charge in [0.15, 0.2) is 6.10 Å². The summed E-state index contributed by atoms with van der Waals surface area (Å²) in [6.07, 6.45) is 87.6. The van der Waals surface area contributed by atoms with Crippen molar-refractivity contribution in [3.05, 3.63) is 36.5 Å². The molecule has 0 aromatic carbocycles. The standard InChI is InChI=1S/C75H140O6/c1-4-7-10-13-16-19-22-25-27-29-31-33-35-36-37-38-39-41-42-44-46-48-50-53-56-59-62-65-68-74(77)80-71-72(70-79-73(76)67-64-61-58-55-52-24-21-18-15-12-9-6-3)81-75(78)69-66-63-60-57-54-51-49-47-45-43-40-34-32-30-28-26-23-20-17-14-11-8-5-2/h18,21,23,26,30,32,72H,4-17,19-20,22,24-25,27-29,31,33-71H2,1-3H3/b21-18-,26-23-,32-30-. The van der Waals surface area contributed by atoms with E-state index in [2.05, 4.69) is 57.2 Å². The van der Waals surface area contributed by atoms with Gasteiger partial charge in [0.1, 0.15) is 13.2 Å². The van der Waals surface area contributed by atoms with E-state index in [0.717, 1.165) is 70.6 Å². The summed E-state index contributed by atoms with van der Waals surface area (Å²) in [4.78, 5) is 38.4. The minimum Gasteiger partial charge on any atom is -0.462 e. The van der Waals surface area contributed by atoms with Crippen molar-refractivity contribution in [3.8, 4) is 0 Å². The SMILES string of the molecule is CCCCC/C=C\CCCCCCCC(=O)OCC(COC(=O)CCCCCCCCCCCCCCCCCCCCCCCCCCCCCC)OC(=O)CCCCCCCCCCCCC/C=C\C/C=C\CCCCCCC. The molecule has 0 N–H and O–H groups in total. The van der Waals surface area contributed by atoms with E-state index in [1.54, 1.807) is 0 Å². The second kappa shape index (κ2) is 70.1. The summed E-state index contributed by atoms with van der Waals surface area (Å²) in [7, 11) is 0. The lowest BCUT2D eigenvalue weighted by molar-refractivity contribution is -0.167. The van der Waals surface area contributed by atoms with Gasteiger partial charge in [0.25, 0.3) is 0 Å². The van der Waals surface area contributed by atoms with Crippen molar-refractivity contribution in [1.82, 2.24) is 0 Å². The molecular weight excluding hydrogens is 997 g/mol. The number of allylic oxidation sites excluding steroid dienone is 6. The van der Waals surface area contributed by atoms with Crippen molar-refractivity contribution >= 4 is 17.9 Å². The van der Waals surface area contributed by atoms with Crippen LogP contribution in [0, 0.1) is 0 Å². The first-order valence-corrected chi connectivity index (χ1v) is 36.5. The molecule has 0 rings (SSSR count). The van der Waals surface area contributed by atoms with Crippen LogP contribution in [-0.2, 0) is 28.6 Å². The Balaban J connectivity index is 4.17.